The van der Waals surface area contributed by atoms with Gasteiger partial charge in [0.15, 0.2) is 0 Å². The van der Waals surface area contributed by atoms with Crippen LogP contribution in [-0.2, 0) is 4.79 Å². The standard InChI is InChI=1S/C15H9Cl2NO/c16-10-5-9(6-11(17)8-10)7-13-12-3-1-2-4-14(12)18-15(13)19/h1-8H,(H,18,19). The Hall–Kier alpha value is -1.77. The monoisotopic (exact) mass is 289 g/mol. The van der Waals surface area contributed by atoms with E-state index in [-0.39, 0.29) is 5.91 Å². The van der Waals surface area contributed by atoms with Crippen molar-refractivity contribution in [3.63, 3.8) is 0 Å². The molecule has 94 valence electrons. The fourth-order valence-electron chi connectivity index (χ4n) is 2.11. The van der Waals surface area contributed by atoms with Crippen LogP contribution in [0.15, 0.2) is 42.5 Å². The lowest BCUT2D eigenvalue weighted by Crippen LogP contribution is -2.03. The Morgan fingerprint density at radius 3 is 2.42 bits per heavy atom. The van der Waals surface area contributed by atoms with Crippen molar-refractivity contribution in [3.05, 3.63) is 63.6 Å². The lowest BCUT2D eigenvalue weighted by molar-refractivity contribution is -0.110. The summed E-state index contributed by atoms with van der Waals surface area (Å²) in [5.41, 5.74) is 3.14. The second-order valence-electron chi connectivity index (χ2n) is 4.26. The van der Waals surface area contributed by atoms with Gasteiger partial charge in [-0.1, -0.05) is 41.4 Å². The van der Waals surface area contributed by atoms with Crippen molar-refractivity contribution in [2.24, 2.45) is 0 Å². The molecule has 2 aromatic rings. The number of anilines is 1. The minimum atomic E-state index is -0.114. The first-order chi connectivity index (χ1) is 9.13. The highest BCUT2D eigenvalue weighted by molar-refractivity contribution is 6.36. The summed E-state index contributed by atoms with van der Waals surface area (Å²) in [4.78, 5) is 12.0. The molecule has 0 saturated carbocycles. The molecule has 0 unspecified atom stereocenters. The molecule has 1 heterocycles. The van der Waals surface area contributed by atoms with Crippen LogP contribution >= 0.6 is 23.2 Å². The Morgan fingerprint density at radius 2 is 1.68 bits per heavy atom. The molecule has 1 aliphatic rings. The zero-order valence-corrected chi connectivity index (χ0v) is 11.3. The molecule has 0 atom stereocenters. The first-order valence-corrected chi connectivity index (χ1v) is 6.47. The van der Waals surface area contributed by atoms with E-state index < -0.39 is 0 Å². The van der Waals surface area contributed by atoms with Crippen molar-refractivity contribution >= 4 is 46.4 Å². The second-order valence-corrected chi connectivity index (χ2v) is 5.13. The van der Waals surface area contributed by atoms with E-state index in [0.717, 1.165) is 16.8 Å². The van der Waals surface area contributed by atoms with Crippen molar-refractivity contribution in [1.82, 2.24) is 0 Å². The van der Waals surface area contributed by atoms with Crippen LogP contribution in [-0.4, -0.2) is 5.91 Å². The van der Waals surface area contributed by atoms with Gasteiger partial charge in [-0.25, -0.2) is 0 Å². The largest absolute Gasteiger partial charge is 0.321 e. The summed E-state index contributed by atoms with van der Waals surface area (Å²) in [6.07, 6.45) is 1.79. The number of amides is 1. The third-order valence-electron chi connectivity index (χ3n) is 2.91. The lowest BCUT2D eigenvalue weighted by Gasteiger charge is -2.00. The SMILES string of the molecule is O=C1Nc2ccccc2C1=Cc1cc(Cl)cc(Cl)c1. The first-order valence-electron chi connectivity index (χ1n) is 5.72. The average Bonchev–Trinajstić information content (AvgIpc) is 2.65. The van der Waals surface area contributed by atoms with Gasteiger partial charge < -0.3 is 5.32 Å². The molecule has 0 aliphatic carbocycles. The molecule has 3 rings (SSSR count). The molecule has 0 fully saturated rings. The van der Waals surface area contributed by atoms with Crippen LogP contribution in [0.1, 0.15) is 11.1 Å². The number of para-hydroxylation sites is 1. The normalized spacial score (nSPS) is 15.5. The molecule has 1 aliphatic heterocycles. The number of fused-ring (bicyclic) bond motifs is 1. The lowest BCUT2D eigenvalue weighted by atomic mass is 10.0. The molecule has 0 bridgehead atoms. The van der Waals surface area contributed by atoms with Gasteiger partial charge in [0.05, 0.1) is 0 Å². The third kappa shape index (κ3) is 2.37. The summed E-state index contributed by atoms with van der Waals surface area (Å²) in [5.74, 6) is -0.114. The van der Waals surface area contributed by atoms with Gasteiger partial charge in [0.1, 0.15) is 0 Å². The summed E-state index contributed by atoms with van der Waals surface area (Å²) in [7, 11) is 0. The van der Waals surface area contributed by atoms with Gasteiger partial charge >= 0.3 is 0 Å². The van der Waals surface area contributed by atoms with Gasteiger partial charge in [0.25, 0.3) is 5.91 Å². The van der Waals surface area contributed by atoms with Gasteiger partial charge in [-0.05, 0) is 35.9 Å². The van der Waals surface area contributed by atoms with Crippen molar-refractivity contribution in [3.8, 4) is 0 Å². The zero-order chi connectivity index (χ0) is 13.4. The van der Waals surface area contributed by atoms with E-state index in [9.17, 15) is 4.79 Å². The fourth-order valence-corrected chi connectivity index (χ4v) is 2.65. The zero-order valence-electron chi connectivity index (χ0n) is 9.78. The highest BCUT2D eigenvalue weighted by atomic mass is 35.5. The number of rotatable bonds is 1. The van der Waals surface area contributed by atoms with E-state index in [0.29, 0.717) is 15.6 Å². The average molecular weight is 290 g/mol. The maximum atomic E-state index is 12.0. The summed E-state index contributed by atoms with van der Waals surface area (Å²) in [6, 6.07) is 12.8. The molecule has 0 radical (unpaired) electrons. The Bertz CT molecular complexity index is 687. The van der Waals surface area contributed by atoms with Crippen LogP contribution in [0, 0.1) is 0 Å². The van der Waals surface area contributed by atoms with Gasteiger partial charge in [0.2, 0.25) is 0 Å². The van der Waals surface area contributed by atoms with Gasteiger partial charge in [-0.15, -0.1) is 0 Å². The molecule has 0 spiro atoms. The Labute approximate surface area is 120 Å². The summed E-state index contributed by atoms with van der Waals surface area (Å²) in [6.45, 7) is 0. The minimum Gasteiger partial charge on any atom is -0.321 e. The van der Waals surface area contributed by atoms with Crippen molar-refractivity contribution in [2.45, 2.75) is 0 Å². The number of hydrogen-bond acceptors (Lipinski definition) is 1. The molecule has 2 nitrogen and oxygen atoms in total. The maximum absolute atomic E-state index is 12.0. The third-order valence-corrected chi connectivity index (χ3v) is 3.34. The fraction of sp³-hybridized carbons (Fsp3) is 0. The molecule has 4 heteroatoms. The molecular weight excluding hydrogens is 281 g/mol. The number of benzene rings is 2. The predicted molar refractivity (Wildman–Crippen MR) is 79.4 cm³/mol. The smallest absolute Gasteiger partial charge is 0.256 e. The summed E-state index contributed by atoms with van der Waals surface area (Å²) < 4.78 is 0. The number of nitrogens with one attached hydrogen (secondary N) is 1. The van der Waals surface area contributed by atoms with Crippen LogP contribution < -0.4 is 5.32 Å². The molecule has 0 aromatic heterocycles. The van der Waals surface area contributed by atoms with Crippen LogP contribution in [0.25, 0.3) is 11.6 Å². The van der Waals surface area contributed by atoms with Crippen LogP contribution in [0.4, 0.5) is 5.69 Å². The maximum Gasteiger partial charge on any atom is 0.256 e. The van der Waals surface area contributed by atoms with E-state index in [1.165, 1.54) is 0 Å². The minimum absolute atomic E-state index is 0.114. The quantitative estimate of drug-likeness (QED) is 0.770. The van der Waals surface area contributed by atoms with E-state index in [2.05, 4.69) is 5.32 Å². The molecule has 19 heavy (non-hydrogen) atoms. The molecule has 1 N–H and O–H groups in total. The van der Waals surface area contributed by atoms with E-state index >= 15 is 0 Å². The highest BCUT2D eigenvalue weighted by Crippen LogP contribution is 2.33. The second kappa shape index (κ2) is 4.72. The highest BCUT2D eigenvalue weighted by Gasteiger charge is 2.23. The Balaban J connectivity index is 2.11. The summed E-state index contributed by atoms with van der Waals surface area (Å²) in [5, 5.41) is 3.92. The number of halogens is 2. The van der Waals surface area contributed by atoms with Crippen molar-refractivity contribution < 1.29 is 4.79 Å². The molecular formula is C15H9Cl2NO. The van der Waals surface area contributed by atoms with Crippen LogP contribution in [0.3, 0.4) is 0 Å². The Morgan fingerprint density at radius 1 is 1.00 bits per heavy atom. The van der Waals surface area contributed by atoms with Crippen LogP contribution in [0.5, 0.6) is 0 Å². The number of hydrogen-bond donors (Lipinski definition) is 1. The van der Waals surface area contributed by atoms with Crippen molar-refractivity contribution in [1.29, 1.82) is 0 Å². The molecule has 2 aromatic carbocycles. The van der Waals surface area contributed by atoms with Gasteiger partial charge in [0, 0.05) is 26.9 Å². The number of carbonyl (C=O) groups excluding carboxylic acids is 1. The van der Waals surface area contributed by atoms with Gasteiger partial charge in [-0.3, -0.25) is 4.79 Å². The summed E-state index contributed by atoms with van der Waals surface area (Å²) >= 11 is 11.9. The van der Waals surface area contributed by atoms with Crippen LogP contribution in [0.2, 0.25) is 10.0 Å². The van der Waals surface area contributed by atoms with Crippen molar-refractivity contribution in [2.75, 3.05) is 5.32 Å². The number of carbonyl (C=O) groups is 1. The van der Waals surface area contributed by atoms with E-state index in [4.69, 9.17) is 23.2 Å². The van der Waals surface area contributed by atoms with Gasteiger partial charge in [-0.2, -0.15) is 0 Å². The Kier molecular flexibility index (Phi) is 3.05. The molecule has 0 saturated heterocycles. The molecule has 1 amide bonds. The first kappa shape index (κ1) is 12.3. The van der Waals surface area contributed by atoms with E-state index in [1.807, 2.05) is 24.3 Å². The topological polar surface area (TPSA) is 29.1 Å². The van der Waals surface area contributed by atoms with E-state index in [1.54, 1.807) is 24.3 Å². The predicted octanol–water partition coefficient (Wildman–Crippen LogP) is 4.49.